The van der Waals surface area contributed by atoms with Crippen molar-refractivity contribution >= 4 is 16.0 Å². The van der Waals surface area contributed by atoms with E-state index in [2.05, 4.69) is 19.6 Å². The Bertz CT molecular complexity index is 602. The van der Waals surface area contributed by atoms with Crippen LogP contribution in [0.5, 0.6) is 0 Å². The van der Waals surface area contributed by atoms with Gasteiger partial charge in [0.2, 0.25) is 16.0 Å². The molecule has 0 amide bonds. The predicted molar refractivity (Wildman–Crippen MR) is 83.1 cm³/mol. The summed E-state index contributed by atoms with van der Waals surface area (Å²) >= 11 is 0. The van der Waals surface area contributed by atoms with Crippen molar-refractivity contribution in [2.24, 2.45) is 5.92 Å². The van der Waals surface area contributed by atoms with Gasteiger partial charge in [-0.3, -0.25) is 0 Å². The Labute approximate surface area is 131 Å². The van der Waals surface area contributed by atoms with Crippen molar-refractivity contribution in [1.29, 1.82) is 0 Å². The van der Waals surface area contributed by atoms with Gasteiger partial charge in [0.05, 0.1) is 18.8 Å². The Morgan fingerprint density at radius 3 is 2.82 bits per heavy atom. The average molecular weight is 326 g/mol. The monoisotopic (exact) mass is 326 g/mol. The topological polar surface area (TPSA) is 84.4 Å². The van der Waals surface area contributed by atoms with Crippen LogP contribution in [0.25, 0.3) is 0 Å². The van der Waals surface area contributed by atoms with Crippen LogP contribution in [0.4, 0.5) is 5.95 Å². The van der Waals surface area contributed by atoms with Gasteiger partial charge in [0, 0.05) is 25.5 Å². The molecule has 0 radical (unpaired) electrons. The normalized spacial score (nSPS) is 23.7. The second-order valence-electron chi connectivity index (χ2n) is 5.89. The van der Waals surface area contributed by atoms with Crippen molar-refractivity contribution in [1.82, 2.24) is 14.7 Å². The van der Waals surface area contributed by atoms with Crippen LogP contribution in [0.3, 0.4) is 0 Å². The van der Waals surface area contributed by atoms with Gasteiger partial charge in [-0.15, -0.1) is 0 Å². The van der Waals surface area contributed by atoms with Crippen LogP contribution in [0.15, 0.2) is 18.5 Å². The van der Waals surface area contributed by atoms with E-state index in [0.717, 1.165) is 38.5 Å². The van der Waals surface area contributed by atoms with Gasteiger partial charge < -0.3 is 9.64 Å². The van der Waals surface area contributed by atoms with Crippen LogP contribution in [-0.2, 0) is 14.8 Å². The molecule has 7 nitrogen and oxygen atoms in total. The Morgan fingerprint density at radius 1 is 1.41 bits per heavy atom. The number of nitrogens with zero attached hydrogens (tertiary/aromatic N) is 3. The molecule has 1 N–H and O–H groups in total. The van der Waals surface area contributed by atoms with Crippen LogP contribution in [0.1, 0.15) is 19.8 Å². The molecule has 3 heterocycles. The van der Waals surface area contributed by atoms with Crippen molar-refractivity contribution in [3.8, 4) is 0 Å². The van der Waals surface area contributed by atoms with Crippen LogP contribution in [0.2, 0.25) is 0 Å². The SMILES string of the molecule is CCS(=O)(=O)NCC[C@@H]1CCOC12CN(c1ncccn1)C2. The molecule has 2 fully saturated rings. The van der Waals surface area contributed by atoms with E-state index in [1.165, 1.54) is 0 Å². The van der Waals surface area contributed by atoms with Gasteiger partial charge >= 0.3 is 0 Å². The van der Waals surface area contributed by atoms with Gasteiger partial charge in [-0.05, 0) is 31.7 Å². The molecule has 1 spiro atoms. The van der Waals surface area contributed by atoms with E-state index in [0.29, 0.717) is 12.5 Å². The lowest BCUT2D eigenvalue weighted by molar-refractivity contribution is -0.0457. The lowest BCUT2D eigenvalue weighted by Crippen LogP contribution is -2.65. The smallest absolute Gasteiger partial charge is 0.225 e. The van der Waals surface area contributed by atoms with Crippen molar-refractivity contribution < 1.29 is 13.2 Å². The quantitative estimate of drug-likeness (QED) is 0.815. The molecule has 1 aromatic heterocycles. The van der Waals surface area contributed by atoms with Crippen molar-refractivity contribution in [3.63, 3.8) is 0 Å². The van der Waals surface area contributed by atoms with E-state index in [1.54, 1.807) is 25.4 Å². The zero-order chi connectivity index (χ0) is 15.6. The molecule has 1 atom stereocenters. The van der Waals surface area contributed by atoms with Gasteiger partial charge in [-0.25, -0.2) is 23.1 Å². The molecule has 2 aliphatic heterocycles. The van der Waals surface area contributed by atoms with E-state index < -0.39 is 10.0 Å². The third-order valence-electron chi connectivity index (χ3n) is 4.55. The number of sulfonamides is 1. The first-order chi connectivity index (χ1) is 10.5. The van der Waals surface area contributed by atoms with Gasteiger partial charge in [0.25, 0.3) is 0 Å². The highest BCUT2D eigenvalue weighted by Gasteiger charge is 2.53. The lowest BCUT2D eigenvalue weighted by Gasteiger charge is -2.50. The molecular formula is C14H22N4O3S. The number of anilines is 1. The summed E-state index contributed by atoms with van der Waals surface area (Å²) in [6.07, 6.45) is 5.26. The van der Waals surface area contributed by atoms with E-state index in [9.17, 15) is 8.42 Å². The van der Waals surface area contributed by atoms with E-state index >= 15 is 0 Å². The summed E-state index contributed by atoms with van der Waals surface area (Å²) < 4.78 is 31.6. The molecule has 0 aliphatic carbocycles. The van der Waals surface area contributed by atoms with Gasteiger partial charge in [-0.1, -0.05) is 0 Å². The first-order valence-electron chi connectivity index (χ1n) is 7.68. The highest BCUT2D eigenvalue weighted by Crippen LogP contribution is 2.42. The van der Waals surface area contributed by atoms with Gasteiger partial charge in [-0.2, -0.15) is 0 Å². The Kier molecular flexibility index (Phi) is 4.33. The largest absolute Gasteiger partial charge is 0.371 e. The van der Waals surface area contributed by atoms with Crippen LogP contribution in [-0.4, -0.2) is 56.0 Å². The van der Waals surface area contributed by atoms with Gasteiger partial charge in [0.1, 0.15) is 5.60 Å². The highest BCUT2D eigenvalue weighted by molar-refractivity contribution is 7.89. The maximum absolute atomic E-state index is 11.5. The maximum Gasteiger partial charge on any atom is 0.225 e. The van der Waals surface area contributed by atoms with Crippen LogP contribution in [0, 0.1) is 5.92 Å². The summed E-state index contributed by atoms with van der Waals surface area (Å²) in [4.78, 5) is 10.6. The summed E-state index contributed by atoms with van der Waals surface area (Å²) in [6, 6.07) is 1.80. The number of nitrogens with one attached hydrogen (secondary N) is 1. The summed E-state index contributed by atoms with van der Waals surface area (Å²) in [5, 5.41) is 0. The maximum atomic E-state index is 11.5. The van der Waals surface area contributed by atoms with E-state index in [-0.39, 0.29) is 11.4 Å². The fourth-order valence-corrected chi connectivity index (χ4v) is 3.86. The number of hydrogen-bond donors (Lipinski definition) is 1. The standard InChI is InChI=1S/C14H22N4O3S/c1-2-22(19,20)17-8-4-12-5-9-21-14(12)10-18(11-14)13-15-6-3-7-16-13/h3,6-7,12,17H,2,4-5,8-11H2,1H3/t12-/m1/s1. The molecule has 122 valence electrons. The lowest BCUT2D eigenvalue weighted by atomic mass is 9.79. The molecule has 0 bridgehead atoms. The van der Waals surface area contributed by atoms with Crippen molar-refractivity contribution in [2.45, 2.75) is 25.4 Å². The van der Waals surface area contributed by atoms with E-state index in [4.69, 9.17) is 4.74 Å². The second-order valence-corrected chi connectivity index (χ2v) is 7.99. The van der Waals surface area contributed by atoms with Crippen LogP contribution >= 0.6 is 0 Å². The summed E-state index contributed by atoms with van der Waals surface area (Å²) in [5.41, 5.74) is -0.156. The molecule has 0 saturated carbocycles. The minimum atomic E-state index is -3.11. The number of aromatic nitrogens is 2. The Balaban J connectivity index is 1.54. The Morgan fingerprint density at radius 2 is 2.14 bits per heavy atom. The number of ether oxygens (including phenoxy) is 1. The predicted octanol–water partition coefficient (Wildman–Crippen LogP) is 0.401. The third-order valence-corrected chi connectivity index (χ3v) is 5.95. The zero-order valence-corrected chi connectivity index (χ0v) is 13.6. The molecule has 0 aromatic carbocycles. The van der Waals surface area contributed by atoms with Crippen molar-refractivity contribution in [2.75, 3.05) is 36.9 Å². The summed E-state index contributed by atoms with van der Waals surface area (Å²) in [6.45, 7) is 4.43. The summed E-state index contributed by atoms with van der Waals surface area (Å²) in [7, 11) is -3.11. The molecular weight excluding hydrogens is 304 g/mol. The molecule has 1 aromatic rings. The van der Waals surface area contributed by atoms with Crippen LogP contribution < -0.4 is 9.62 Å². The second kappa shape index (κ2) is 6.10. The molecule has 22 heavy (non-hydrogen) atoms. The first-order valence-corrected chi connectivity index (χ1v) is 9.33. The van der Waals surface area contributed by atoms with Crippen molar-refractivity contribution in [3.05, 3.63) is 18.5 Å². The minimum absolute atomic E-state index is 0.123. The minimum Gasteiger partial charge on any atom is -0.371 e. The molecule has 3 rings (SSSR count). The molecule has 2 aliphatic rings. The molecule has 8 heteroatoms. The fourth-order valence-electron chi connectivity index (χ4n) is 3.23. The first kappa shape index (κ1) is 15.6. The molecule has 2 saturated heterocycles. The summed E-state index contributed by atoms with van der Waals surface area (Å²) in [5.74, 6) is 1.24. The zero-order valence-electron chi connectivity index (χ0n) is 12.7. The highest BCUT2D eigenvalue weighted by atomic mass is 32.2. The average Bonchev–Trinajstić information content (AvgIpc) is 2.90. The number of hydrogen-bond acceptors (Lipinski definition) is 6. The fraction of sp³-hybridized carbons (Fsp3) is 0.714. The van der Waals surface area contributed by atoms with Gasteiger partial charge in [0.15, 0.2) is 0 Å². The Hall–Kier alpha value is -1.25. The van der Waals surface area contributed by atoms with E-state index in [1.807, 2.05) is 0 Å². The number of rotatable bonds is 6. The molecule has 0 unspecified atom stereocenters. The third kappa shape index (κ3) is 3.09.